The van der Waals surface area contributed by atoms with Gasteiger partial charge in [-0.1, -0.05) is 49.3 Å². The van der Waals surface area contributed by atoms with Gasteiger partial charge >= 0.3 is 0 Å². The lowest BCUT2D eigenvalue weighted by atomic mass is 9.90. The Balaban J connectivity index is 2.53. The van der Waals surface area contributed by atoms with Gasteiger partial charge in [0.2, 0.25) is 5.91 Å². The molecule has 1 aliphatic heterocycles. The van der Waals surface area contributed by atoms with Crippen LogP contribution in [0.3, 0.4) is 0 Å². The van der Waals surface area contributed by atoms with Crippen molar-refractivity contribution in [2.45, 2.75) is 78.6 Å². The third-order valence-electron chi connectivity index (χ3n) is 4.89. The average molecular weight is 378 g/mol. The maximum Gasteiger partial charge on any atom is 0.233 e. The predicted molar refractivity (Wildman–Crippen MR) is 108 cm³/mol. The van der Waals surface area contributed by atoms with Crippen LogP contribution < -0.4 is 5.32 Å². The molecule has 1 aliphatic rings. The summed E-state index contributed by atoms with van der Waals surface area (Å²) in [5.41, 5.74) is 2.30. The standard InChI is InChI=1S/C22H35NO4/c1-6-15(4)8-7-9-16(5)10-11-17(24)13-19(25)20-21(26)18(12-14(2)3)23-22(20)27/h6-8,10,14,17-18,20-21,24,26H,9,11-13H2,1-5H3,(H,23,27)/b8-7+,15-6+,16-10-/t17?,18-,20?,21?/m0/s1. The number of aliphatic hydroxyl groups is 2. The van der Waals surface area contributed by atoms with E-state index >= 15 is 0 Å². The van der Waals surface area contributed by atoms with Crippen LogP contribution in [-0.2, 0) is 9.59 Å². The highest BCUT2D eigenvalue weighted by Crippen LogP contribution is 2.24. The van der Waals surface area contributed by atoms with Gasteiger partial charge in [0.1, 0.15) is 5.92 Å². The number of hydrogen-bond acceptors (Lipinski definition) is 4. The number of hydrogen-bond donors (Lipinski definition) is 3. The van der Waals surface area contributed by atoms with Crippen molar-refractivity contribution in [3.05, 3.63) is 35.5 Å². The normalized spacial score (nSPS) is 25.3. The van der Waals surface area contributed by atoms with E-state index in [4.69, 9.17) is 0 Å². The van der Waals surface area contributed by atoms with Gasteiger partial charge in [0.25, 0.3) is 0 Å². The summed E-state index contributed by atoms with van der Waals surface area (Å²) in [6.07, 6.45) is 7.83. The molecule has 0 aromatic heterocycles. The Labute approximate surface area is 163 Å². The van der Waals surface area contributed by atoms with Gasteiger partial charge in [-0.25, -0.2) is 0 Å². The second-order valence-corrected chi connectivity index (χ2v) is 7.96. The van der Waals surface area contributed by atoms with Crippen LogP contribution in [0, 0.1) is 11.8 Å². The highest BCUT2D eigenvalue weighted by Gasteiger charge is 2.45. The molecule has 1 rings (SSSR count). The van der Waals surface area contributed by atoms with Crippen molar-refractivity contribution in [2.24, 2.45) is 11.8 Å². The van der Waals surface area contributed by atoms with Crippen LogP contribution in [0.25, 0.3) is 0 Å². The summed E-state index contributed by atoms with van der Waals surface area (Å²) >= 11 is 0. The second kappa shape index (κ2) is 11.2. The van der Waals surface area contributed by atoms with Crippen molar-refractivity contribution >= 4 is 11.7 Å². The van der Waals surface area contributed by atoms with Crippen LogP contribution in [0.2, 0.25) is 0 Å². The topological polar surface area (TPSA) is 86.6 Å². The third-order valence-corrected chi connectivity index (χ3v) is 4.89. The van der Waals surface area contributed by atoms with Crippen LogP contribution in [0.5, 0.6) is 0 Å². The highest BCUT2D eigenvalue weighted by molar-refractivity contribution is 6.04. The van der Waals surface area contributed by atoms with Gasteiger partial charge in [-0.2, -0.15) is 0 Å². The lowest BCUT2D eigenvalue weighted by molar-refractivity contribution is -0.135. The number of Topliss-reactive ketones (excluding diaryl/α,β-unsaturated/α-hetero) is 1. The molecule has 0 spiro atoms. The first-order valence-electron chi connectivity index (χ1n) is 9.80. The first-order valence-corrected chi connectivity index (χ1v) is 9.80. The second-order valence-electron chi connectivity index (χ2n) is 7.96. The molecule has 1 fully saturated rings. The first kappa shape index (κ1) is 23.3. The van der Waals surface area contributed by atoms with E-state index in [1.807, 2.05) is 52.8 Å². The maximum atomic E-state index is 12.4. The Hall–Kier alpha value is -1.72. The number of rotatable bonds is 10. The summed E-state index contributed by atoms with van der Waals surface area (Å²) in [5, 5.41) is 23.2. The number of amides is 1. The molecule has 27 heavy (non-hydrogen) atoms. The van der Waals surface area contributed by atoms with Gasteiger partial charge in [-0.15, -0.1) is 0 Å². The molecule has 0 radical (unpaired) electrons. The SMILES string of the molecule is C/C=C(C)/C=C/C/C(C)=C\CC(O)CC(=O)C1C(=O)N[C@@H](CC(C)C)C1O. The number of aliphatic hydroxyl groups excluding tert-OH is 2. The van der Waals surface area contributed by atoms with Crippen LogP contribution in [0.4, 0.5) is 0 Å². The molecule has 5 heteroatoms. The summed E-state index contributed by atoms with van der Waals surface area (Å²) in [6.45, 7) is 10.0. The van der Waals surface area contributed by atoms with E-state index in [0.29, 0.717) is 18.8 Å². The van der Waals surface area contributed by atoms with Crippen molar-refractivity contribution in [1.82, 2.24) is 5.32 Å². The first-order chi connectivity index (χ1) is 12.6. The van der Waals surface area contributed by atoms with Crippen LogP contribution >= 0.6 is 0 Å². The Morgan fingerprint density at radius 2 is 1.96 bits per heavy atom. The van der Waals surface area contributed by atoms with Crippen molar-refractivity contribution < 1.29 is 19.8 Å². The van der Waals surface area contributed by atoms with E-state index in [1.165, 1.54) is 5.57 Å². The zero-order chi connectivity index (χ0) is 20.6. The number of carbonyl (C=O) groups is 2. The molecule has 5 nitrogen and oxygen atoms in total. The zero-order valence-electron chi connectivity index (χ0n) is 17.2. The van der Waals surface area contributed by atoms with Crippen LogP contribution in [0.15, 0.2) is 35.5 Å². The van der Waals surface area contributed by atoms with Gasteiger partial charge in [-0.05, 0) is 46.0 Å². The number of carbonyl (C=O) groups excluding carboxylic acids is 2. The summed E-state index contributed by atoms with van der Waals surface area (Å²) in [5.74, 6) is -1.58. The number of ketones is 1. The van der Waals surface area contributed by atoms with Crippen molar-refractivity contribution in [2.75, 3.05) is 0 Å². The quantitative estimate of drug-likeness (QED) is 0.310. The maximum absolute atomic E-state index is 12.4. The molecule has 3 N–H and O–H groups in total. The lowest BCUT2D eigenvalue weighted by Gasteiger charge is -2.19. The Morgan fingerprint density at radius 1 is 1.30 bits per heavy atom. The van der Waals surface area contributed by atoms with Crippen molar-refractivity contribution in [3.8, 4) is 0 Å². The summed E-state index contributed by atoms with van der Waals surface area (Å²) in [4.78, 5) is 24.5. The monoisotopic (exact) mass is 377 g/mol. The van der Waals surface area contributed by atoms with Gasteiger partial charge in [0.05, 0.1) is 18.2 Å². The minimum Gasteiger partial charge on any atom is -0.392 e. The van der Waals surface area contributed by atoms with E-state index in [9.17, 15) is 19.8 Å². The summed E-state index contributed by atoms with van der Waals surface area (Å²) < 4.78 is 0. The van der Waals surface area contributed by atoms with Crippen LogP contribution in [-0.4, -0.2) is 40.2 Å². The van der Waals surface area contributed by atoms with E-state index in [0.717, 1.165) is 12.0 Å². The molecule has 3 unspecified atom stereocenters. The molecule has 0 aliphatic carbocycles. The van der Waals surface area contributed by atoms with E-state index in [2.05, 4.69) is 11.4 Å². The fraction of sp³-hybridized carbons (Fsp3) is 0.636. The van der Waals surface area contributed by atoms with Gasteiger partial charge < -0.3 is 15.5 Å². The summed E-state index contributed by atoms with van der Waals surface area (Å²) in [7, 11) is 0. The Kier molecular flexibility index (Phi) is 9.67. The fourth-order valence-corrected chi connectivity index (χ4v) is 3.18. The van der Waals surface area contributed by atoms with Crippen molar-refractivity contribution in [1.29, 1.82) is 0 Å². The summed E-state index contributed by atoms with van der Waals surface area (Å²) in [6, 6.07) is -0.391. The van der Waals surface area contributed by atoms with Crippen LogP contribution in [0.1, 0.15) is 60.3 Å². The molecule has 0 bridgehead atoms. The average Bonchev–Trinajstić information content (AvgIpc) is 2.85. The van der Waals surface area contributed by atoms with E-state index in [1.54, 1.807) is 0 Å². The highest BCUT2D eigenvalue weighted by atomic mass is 16.3. The number of nitrogens with one attached hydrogen (secondary N) is 1. The molecule has 0 saturated carbocycles. The largest absolute Gasteiger partial charge is 0.392 e. The smallest absolute Gasteiger partial charge is 0.233 e. The minimum absolute atomic E-state index is 0.124. The van der Waals surface area contributed by atoms with Gasteiger partial charge in [0.15, 0.2) is 5.78 Å². The molecule has 1 heterocycles. The van der Waals surface area contributed by atoms with Gasteiger partial charge in [-0.3, -0.25) is 9.59 Å². The fourth-order valence-electron chi connectivity index (χ4n) is 3.18. The molecule has 1 saturated heterocycles. The van der Waals surface area contributed by atoms with E-state index < -0.39 is 35.9 Å². The molecule has 0 aromatic rings. The zero-order valence-corrected chi connectivity index (χ0v) is 17.2. The lowest BCUT2D eigenvalue weighted by Crippen LogP contribution is -2.35. The molecule has 4 atom stereocenters. The Morgan fingerprint density at radius 3 is 2.56 bits per heavy atom. The minimum atomic E-state index is -1.07. The van der Waals surface area contributed by atoms with Crippen molar-refractivity contribution in [3.63, 3.8) is 0 Å². The molecular weight excluding hydrogens is 342 g/mol. The molecule has 0 aromatic carbocycles. The van der Waals surface area contributed by atoms with Gasteiger partial charge in [0, 0.05) is 6.42 Å². The van der Waals surface area contributed by atoms with E-state index in [-0.39, 0.29) is 6.42 Å². The molecular formula is C22H35NO4. The Bertz CT molecular complexity index is 603. The number of allylic oxidation sites excluding steroid dienone is 5. The third kappa shape index (κ3) is 7.81. The predicted octanol–water partition coefficient (Wildman–Crippen LogP) is 3.08. The molecule has 152 valence electrons. The molecule has 1 amide bonds.